The average molecular weight is 543 g/mol. The molecule has 6 aliphatic rings. The molecule has 4 nitrogen and oxygen atoms in total. The van der Waals surface area contributed by atoms with Crippen LogP contribution in [0.25, 0.3) is 0 Å². The van der Waals surface area contributed by atoms with Gasteiger partial charge in [-0.15, -0.1) is 0 Å². The molecule has 0 aromatic rings. The fourth-order valence-electron chi connectivity index (χ4n) is 11.6. The summed E-state index contributed by atoms with van der Waals surface area (Å²) in [6.45, 7) is 22.8. The van der Waals surface area contributed by atoms with Crippen molar-refractivity contribution in [2.45, 2.75) is 144 Å². The Morgan fingerprint density at radius 2 is 1.69 bits per heavy atom. The van der Waals surface area contributed by atoms with Crippen molar-refractivity contribution in [3.63, 3.8) is 0 Å². The molecular weight excluding hydrogens is 484 g/mol. The molecule has 0 amide bonds. The Hall–Kier alpha value is -0.420. The monoisotopic (exact) mass is 542 g/mol. The normalized spacial score (nSPS) is 52.7. The number of allylic oxidation sites excluding steroid dienone is 2. The van der Waals surface area contributed by atoms with Gasteiger partial charge in [0.25, 0.3) is 0 Å². The predicted octanol–water partition coefficient (Wildman–Crippen LogP) is 7.93. The summed E-state index contributed by atoms with van der Waals surface area (Å²) in [5.74, 6) is 2.09. The molecule has 5 fully saturated rings. The van der Waals surface area contributed by atoms with Gasteiger partial charge in [0.05, 0.1) is 31.5 Å². The van der Waals surface area contributed by atoms with E-state index in [1.165, 1.54) is 51.4 Å². The Bertz CT molecular complexity index is 999. The van der Waals surface area contributed by atoms with Gasteiger partial charge < -0.3 is 19.3 Å². The van der Waals surface area contributed by atoms with Crippen molar-refractivity contribution in [1.29, 1.82) is 0 Å². The lowest BCUT2D eigenvalue weighted by atomic mass is 9.34. The average Bonchev–Trinajstić information content (AvgIpc) is 2.83. The number of aliphatic hydroxyl groups is 1. The van der Waals surface area contributed by atoms with Gasteiger partial charge in [-0.2, -0.15) is 0 Å². The molecule has 4 saturated carbocycles. The van der Waals surface area contributed by atoms with Crippen LogP contribution in [0.1, 0.15) is 120 Å². The lowest BCUT2D eigenvalue weighted by molar-refractivity contribution is -0.323. The molecule has 1 heterocycles. The first kappa shape index (κ1) is 28.7. The van der Waals surface area contributed by atoms with Gasteiger partial charge in [0, 0.05) is 11.3 Å². The molecule has 10 unspecified atom stereocenters. The zero-order valence-corrected chi connectivity index (χ0v) is 26.6. The highest BCUT2D eigenvalue weighted by atomic mass is 16.7. The van der Waals surface area contributed by atoms with Crippen molar-refractivity contribution in [1.82, 2.24) is 0 Å². The van der Waals surface area contributed by atoms with E-state index in [4.69, 9.17) is 14.2 Å². The third-order valence-corrected chi connectivity index (χ3v) is 14.0. The van der Waals surface area contributed by atoms with Gasteiger partial charge in [0.15, 0.2) is 5.79 Å². The molecule has 0 spiro atoms. The first-order valence-electron chi connectivity index (χ1n) is 16.4. The second-order valence-corrected chi connectivity index (χ2v) is 17.2. The summed E-state index contributed by atoms with van der Waals surface area (Å²) < 4.78 is 19.3. The minimum Gasteiger partial charge on any atom is -0.391 e. The van der Waals surface area contributed by atoms with Gasteiger partial charge in [-0.1, -0.05) is 53.2 Å². The molecular formula is C35H58O4. The number of rotatable bonds is 3. The topological polar surface area (TPSA) is 47.9 Å². The van der Waals surface area contributed by atoms with Gasteiger partial charge in [0.2, 0.25) is 0 Å². The first-order chi connectivity index (χ1) is 18.0. The van der Waals surface area contributed by atoms with Crippen LogP contribution in [0.3, 0.4) is 0 Å². The number of hydrogen-bond acceptors (Lipinski definition) is 4. The van der Waals surface area contributed by atoms with Crippen LogP contribution in [-0.4, -0.2) is 42.4 Å². The van der Waals surface area contributed by atoms with Gasteiger partial charge in [-0.3, -0.25) is 0 Å². The number of fused-ring (bicyclic) bond motifs is 9. The summed E-state index contributed by atoms with van der Waals surface area (Å²) >= 11 is 0. The summed E-state index contributed by atoms with van der Waals surface area (Å²) in [5, 5.41) is 10.0. The zero-order valence-electron chi connectivity index (χ0n) is 26.6. The highest BCUT2D eigenvalue weighted by molar-refractivity contribution is 5.34. The molecule has 0 bridgehead atoms. The van der Waals surface area contributed by atoms with Gasteiger partial charge in [-0.05, 0) is 118 Å². The number of ether oxygens (including phenoxy) is 3. The van der Waals surface area contributed by atoms with E-state index in [1.54, 1.807) is 5.57 Å². The van der Waals surface area contributed by atoms with Crippen molar-refractivity contribution in [2.24, 2.45) is 50.7 Å². The highest BCUT2D eigenvalue weighted by Crippen LogP contribution is 2.75. The van der Waals surface area contributed by atoms with Crippen molar-refractivity contribution >= 4 is 0 Å². The Kier molecular flexibility index (Phi) is 6.65. The standard InChI is InChI=1S/C35H58O4/c1-22(36)20-37-29-19-30(2,3)18-26-25-10-11-28-32(6)14-13-27-23(21-38-31(4,5)39-27)24(32)12-15-35(28,9)34(25,8)17-16-33(26,29)7/h10,22-24,26-29,36H,11-21H2,1-9H3/t22?,23?,24?,26?,27?,28?,29?,32?,33?,34-,35?/m1/s1. The molecule has 0 aromatic carbocycles. The van der Waals surface area contributed by atoms with Crippen LogP contribution in [0.15, 0.2) is 11.6 Å². The van der Waals surface area contributed by atoms with Crippen LogP contribution in [0.4, 0.5) is 0 Å². The fraction of sp³-hybridized carbons (Fsp3) is 0.943. The van der Waals surface area contributed by atoms with E-state index in [2.05, 4.69) is 61.5 Å². The van der Waals surface area contributed by atoms with Crippen molar-refractivity contribution < 1.29 is 19.3 Å². The fourth-order valence-corrected chi connectivity index (χ4v) is 11.6. The SMILES string of the molecule is CC(O)COC1CC(C)(C)CC2C3=CCC4C5(C)CCC6OC(C)(C)OCC6C5CCC4(C)[C@]3(C)CCC12C. The van der Waals surface area contributed by atoms with Gasteiger partial charge in [0.1, 0.15) is 0 Å². The predicted molar refractivity (Wildman–Crippen MR) is 156 cm³/mol. The molecule has 5 aliphatic carbocycles. The minimum atomic E-state index is -0.437. The van der Waals surface area contributed by atoms with E-state index in [9.17, 15) is 5.11 Å². The van der Waals surface area contributed by atoms with E-state index in [0.29, 0.717) is 41.3 Å². The molecule has 1 aliphatic heterocycles. The van der Waals surface area contributed by atoms with Crippen LogP contribution in [0.2, 0.25) is 0 Å². The maximum Gasteiger partial charge on any atom is 0.163 e. The smallest absolute Gasteiger partial charge is 0.163 e. The summed E-state index contributed by atoms with van der Waals surface area (Å²) in [6.07, 6.45) is 14.1. The third-order valence-electron chi connectivity index (χ3n) is 14.0. The summed E-state index contributed by atoms with van der Waals surface area (Å²) in [4.78, 5) is 0. The van der Waals surface area contributed by atoms with Crippen molar-refractivity contribution in [3.8, 4) is 0 Å². The van der Waals surface area contributed by atoms with Crippen LogP contribution in [0, 0.1) is 50.7 Å². The van der Waals surface area contributed by atoms with Crippen LogP contribution < -0.4 is 0 Å². The van der Waals surface area contributed by atoms with Crippen molar-refractivity contribution in [3.05, 3.63) is 11.6 Å². The van der Waals surface area contributed by atoms with Crippen LogP contribution >= 0.6 is 0 Å². The first-order valence-corrected chi connectivity index (χ1v) is 16.4. The molecule has 222 valence electrons. The minimum absolute atomic E-state index is 0.154. The van der Waals surface area contributed by atoms with Crippen molar-refractivity contribution in [2.75, 3.05) is 13.2 Å². The second-order valence-electron chi connectivity index (χ2n) is 17.2. The van der Waals surface area contributed by atoms with E-state index in [1.807, 2.05) is 6.92 Å². The lowest BCUT2D eigenvalue weighted by Gasteiger charge is -2.71. The van der Waals surface area contributed by atoms with Crippen LogP contribution in [0.5, 0.6) is 0 Å². The molecule has 1 saturated heterocycles. The molecule has 4 heteroatoms. The van der Waals surface area contributed by atoms with E-state index in [0.717, 1.165) is 18.9 Å². The zero-order chi connectivity index (χ0) is 28.2. The molecule has 1 N–H and O–H groups in total. The van der Waals surface area contributed by atoms with Crippen LogP contribution in [-0.2, 0) is 14.2 Å². The van der Waals surface area contributed by atoms with E-state index < -0.39 is 11.9 Å². The molecule has 0 aromatic heterocycles. The van der Waals surface area contributed by atoms with Gasteiger partial charge in [-0.25, -0.2) is 0 Å². The second kappa shape index (κ2) is 9.04. The van der Waals surface area contributed by atoms with Gasteiger partial charge >= 0.3 is 0 Å². The van der Waals surface area contributed by atoms with E-state index >= 15 is 0 Å². The Morgan fingerprint density at radius 3 is 2.41 bits per heavy atom. The summed E-state index contributed by atoms with van der Waals surface area (Å²) in [5.41, 5.74) is 3.10. The molecule has 11 atom stereocenters. The quantitative estimate of drug-likeness (QED) is 0.368. The number of aliphatic hydroxyl groups excluding tert-OH is 1. The summed E-state index contributed by atoms with van der Waals surface area (Å²) in [6, 6.07) is 0. The largest absolute Gasteiger partial charge is 0.391 e. The molecule has 6 rings (SSSR count). The third kappa shape index (κ3) is 4.19. The highest BCUT2D eigenvalue weighted by Gasteiger charge is 2.68. The number of hydrogen-bond donors (Lipinski definition) is 1. The maximum atomic E-state index is 10.0. The Morgan fingerprint density at radius 1 is 0.949 bits per heavy atom. The Balaban J connectivity index is 1.33. The summed E-state index contributed by atoms with van der Waals surface area (Å²) in [7, 11) is 0. The van der Waals surface area contributed by atoms with E-state index in [-0.39, 0.29) is 22.3 Å². The maximum absolute atomic E-state index is 10.0. The Labute approximate surface area is 239 Å². The molecule has 0 radical (unpaired) electrons. The molecule has 39 heavy (non-hydrogen) atoms. The lowest BCUT2D eigenvalue weighted by Crippen LogP contribution is -2.65.